The predicted octanol–water partition coefficient (Wildman–Crippen LogP) is 8.72. The summed E-state index contributed by atoms with van der Waals surface area (Å²) in [4.78, 5) is 8.57. The summed E-state index contributed by atoms with van der Waals surface area (Å²) in [5.74, 6) is 0.876. The zero-order valence-corrected chi connectivity index (χ0v) is 27.8. The van der Waals surface area contributed by atoms with Crippen molar-refractivity contribution in [2.75, 3.05) is 0 Å². The van der Waals surface area contributed by atoms with E-state index < -0.39 is 0 Å². The Balaban J connectivity index is 0.000000218. The van der Waals surface area contributed by atoms with Gasteiger partial charge in [0.25, 0.3) is 0 Å². The van der Waals surface area contributed by atoms with Gasteiger partial charge in [0.15, 0.2) is 0 Å². The number of aromatic nitrogens is 2. The van der Waals surface area contributed by atoms with Gasteiger partial charge in [-0.05, 0) is 97.2 Å². The summed E-state index contributed by atoms with van der Waals surface area (Å²) < 4.78 is 0. The summed E-state index contributed by atoms with van der Waals surface area (Å²) in [6.45, 7) is 20.9. The van der Waals surface area contributed by atoms with Crippen LogP contribution < -0.4 is 0 Å². The van der Waals surface area contributed by atoms with Gasteiger partial charge in [-0.3, -0.25) is 0 Å². The number of hydrogen-bond donors (Lipinski definition) is 3. The van der Waals surface area contributed by atoms with Gasteiger partial charge in [-0.15, -0.1) is 0 Å². The largest absolute Gasteiger partial charge is 0.508 e. The summed E-state index contributed by atoms with van der Waals surface area (Å²) in [6, 6.07) is 20.9. The molecule has 219 valence electrons. The molecule has 42 heavy (non-hydrogen) atoms. The number of phenols is 3. The Morgan fingerprint density at radius 3 is 1.21 bits per heavy atom. The van der Waals surface area contributed by atoms with Crippen molar-refractivity contribution in [1.29, 1.82) is 0 Å². The van der Waals surface area contributed by atoms with Crippen LogP contribution in [0.4, 0.5) is 0 Å². The van der Waals surface area contributed by atoms with Crippen LogP contribution in [0, 0.1) is 27.7 Å². The molecule has 2 aromatic heterocycles. The van der Waals surface area contributed by atoms with E-state index in [9.17, 15) is 15.3 Å². The normalized spacial score (nSPS) is 11.2. The number of aromatic hydroxyl groups is 3. The molecule has 5 nitrogen and oxygen atoms in total. The number of benzene rings is 3. The molecule has 3 aromatic carbocycles. The zero-order valence-electron chi connectivity index (χ0n) is 26.7. The molecule has 0 aliphatic heterocycles. The molecule has 0 fully saturated rings. The molecule has 0 bridgehead atoms. The van der Waals surface area contributed by atoms with E-state index in [2.05, 4.69) is 57.6 Å². The third kappa shape index (κ3) is 8.71. The highest BCUT2D eigenvalue weighted by molar-refractivity contribution is 5.87. The minimum atomic E-state index is 0. The smallest absolute Gasteiger partial charge is 0.141 e. The highest BCUT2D eigenvalue weighted by Gasteiger charge is 2.20. The van der Waals surface area contributed by atoms with Gasteiger partial charge in [0, 0.05) is 39.5 Å². The highest BCUT2D eigenvalue weighted by atomic mass is 27.0. The minimum absolute atomic E-state index is 0. The summed E-state index contributed by atoms with van der Waals surface area (Å²) in [6.07, 6.45) is 0. The molecule has 0 aliphatic rings. The monoisotopic (exact) mass is 579 g/mol. The second kappa shape index (κ2) is 13.6. The van der Waals surface area contributed by atoms with Gasteiger partial charge < -0.3 is 15.3 Å². The summed E-state index contributed by atoms with van der Waals surface area (Å²) >= 11 is 0. The number of rotatable bonds is 0. The molecule has 0 saturated heterocycles. The van der Waals surface area contributed by atoms with Crippen molar-refractivity contribution in [3.63, 3.8) is 0 Å². The van der Waals surface area contributed by atoms with Crippen molar-refractivity contribution >= 4 is 39.2 Å². The fraction of sp³-hybridized carbons (Fsp3) is 0.333. The topological polar surface area (TPSA) is 86.5 Å². The van der Waals surface area contributed by atoms with E-state index in [1.165, 1.54) is 11.1 Å². The van der Waals surface area contributed by atoms with Gasteiger partial charge in [0.2, 0.25) is 0 Å². The van der Waals surface area contributed by atoms with Gasteiger partial charge in [-0.25, -0.2) is 9.97 Å². The Morgan fingerprint density at radius 2 is 0.881 bits per heavy atom. The summed E-state index contributed by atoms with van der Waals surface area (Å²) in [7, 11) is 0. The summed E-state index contributed by atoms with van der Waals surface area (Å²) in [5.41, 5.74) is 8.10. The highest BCUT2D eigenvalue weighted by Crippen LogP contribution is 2.32. The van der Waals surface area contributed by atoms with E-state index in [1.807, 2.05) is 76.2 Å². The lowest BCUT2D eigenvalue weighted by Crippen LogP contribution is -2.15. The third-order valence-corrected chi connectivity index (χ3v) is 6.96. The SMILES string of the molecule is CC(C)(C)c1cc(O)cc(C(C)(C)C)c1.Cc1cc(C)c2cccc(O)c2n1.Cc1cc(C)c2cccc(O)c2n1.[Al]. The quantitative estimate of drug-likeness (QED) is 0.160. The van der Waals surface area contributed by atoms with Crippen LogP contribution in [0.3, 0.4) is 0 Å². The zero-order chi connectivity index (χ0) is 30.7. The standard InChI is InChI=1S/C14H22O.2C11H11NO.Al/c1-13(2,3)10-7-11(14(4,5)6)9-12(15)8-10;2*1-7-6-8(2)12-11-9(7)4-3-5-10(11)13;/h7-9,15H,1-6H3;2*3-6,13H,1-2H3;. The predicted molar refractivity (Wildman–Crippen MR) is 177 cm³/mol. The van der Waals surface area contributed by atoms with Crippen LogP contribution in [-0.2, 0) is 10.8 Å². The van der Waals surface area contributed by atoms with E-state index >= 15 is 0 Å². The average Bonchev–Trinajstić information content (AvgIpc) is 2.85. The molecule has 6 heteroatoms. The molecule has 0 unspecified atom stereocenters. The van der Waals surface area contributed by atoms with E-state index in [4.69, 9.17) is 0 Å². The van der Waals surface area contributed by atoms with Gasteiger partial charge in [-0.2, -0.15) is 0 Å². The Bertz CT molecular complexity index is 1560. The number of pyridine rings is 2. The van der Waals surface area contributed by atoms with Crippen LogP contribution in [0.5, 0.6) is 17.2 Å². The van der Waals surface area contributed by atoms with E-state index in [-0.39, 0.29) is 39.7 Å². The molecule has 5 rings (SSSR count). The molecule has 0 atom stereocenters. The van der Waals surface area contributed by atoms with Crippen molar-refractivity contribution in [1.82, 2.24) is 9.97 Å². The van der Waals surface area contributed by atoms with Gasteiger partial charge in [0.1, 0.15) is 28.3 Å². The second-order valence-electron chi connectivity index (χ2n) is 12.8. The first-order valence-electron chi connectivity index (χ1n) is 13.9. The minimum Gasteiger partial charge on any atom is -0.508 e. The van der Waals surface area contributed by atoms with Crippen LogP contribution in [0.1, 0.15) is 75.2 Å². The fourth-order valence-electron chi connectivity index (χ4n) is 4.61. The second-order valence-corrected chi connectivity index (χ2v) is 12.8. The number of phenolic OH excluding ortho intramolecular Hbond substituents is 3. The number of hydrogen-bond acceptors (Lipinski definition) is 5. The first-order valence-corrected chi connectivity index (χ1v) is 13.9. The van der Waals surface area contributed by atoms with Gasteiger partial charge >= 0.3 is 0 Å². The maximum absolute atomic E-state index is 9.72. The van der Waals surface area contributed by atoms with Gasteiger partial charge in [0.05, 0.1) is 0 Å². The molecule has 3 N–H and O–H groups in total. The first-order chi connectivity index (χ1) is 19.0. The van der Waals surface area contributed by atoms with Crippen molar-refractivity contribution in [2.24, 2.45) is 0 Å². The number of fused-ring (bicyclic) bond motifs is 2. The maximum atomic E-state index is 9.72. The lowest BCUT2D eigenvalue weighted by molar-refractivity contribution is 0.465. The average molecular weight is 580 g/mol. The molecule has 0 aliphatic carbocycles. The molecule has 5 aromatic rings. The number of aryl methyl sites for hydroxylation is 4. The Morgan fingerprint density at radius 1 is 0.524 bits per heavy atom. The van der Waals surface area contributed by atoms with Crippen molar-refractivity contribution in [2.45, 2.75) is 80.1 Å². The Labute approximate surface area is 261 Å². The molecular weight excluding hydrogens is 535 g/mol. The van der Waals surface area contributed by atoms with Crippen LogP contribution in [0.2, 0.25) is 0 Å². The first kappa shape index (κ1) is 34.6. The van der Waals surface area contributed by atoms with E-state index in [0.29, 0.717) is 16.8 Å². The Kier molecular flexibility index (Phi) is 11.2. The molecule has 0 spiro atoms. The van der Waals surface area contributed by atoms with E-state index in [1.54, 1.807) is 12.1 Å². The van der Waals surface area contributed by atoms with Crippen molar-refractivity contribution in [3.8, 4) is 17.2 Å². The number of para-hydroxylation sites is 2. The van der Waals surface area contributed by atoms with Crippen LogP contribution in [0.25, 0.3) is 21.8 Å². The molecule has 0 saturated carbocycles. The maximum Gasteiger partial charge on any atom is 0.141 e. The Hall–Kier alpha value is -3.59. The third-order valence-electron chi connectivity index (χ3n) is 6.96. The lowest BCUT2D eigenvalue weighted by atomic mass is 9.80. The summed E-state index contributed by atoms with van der Waals surface area (Å²) in [5, 5.41) is 30.9. The van der Waals surface area contributed by atoms with Crippen molar-refractivity contribution < 1.29 is 15.3 Å². The molecule has 3 radical (unpaired) electrons. The molecule has 2 heterocycles. The van der Waals surface area contributed by atoms with Crippen LogP contribution in [-0.4, -0.2) is 42.6 Å². The molecular formula is C36H44AlN2O3. The van der Waals surface area contributed by atoms with Crippen LogP contribution >= 0.6 is 0 Å². The molecule has 0 amide bonds. The van der Waals surface area contributed by atoms with Crippen molar-refractivity contribution in [3.05, 3.63) is 100 Å². The lowest BCUT2D eigenvalue weighted by Gasteiger charge is -2.25. The fourth-order valence-corrected chi connectivity index (χ4v) is 4.61. The van der Waals surface area contributed by atoms with Crippen LogP contribution in [0.15, 0.2) is 66.7 Å². The van der Waals surface area contributed by atoms with E-state index in [0.717, 1.165) is 33.3 Å². The van der Waals surface area contributed by atoms with Gasteiger partial charge in [-0.1, -0.05) is 71.9 Å². The number of nitrogens with zero attached hydrogens (tertiary/aromatic N) is 2.